The molecule has 0 saturated heterocycles. The molecular formula is C17H14FNO2S. The van der Waals surface area contributed by atoms with E-state index in [0.29, 0.717) is 39.4 Å². The van der Waals surface area contributed by atoms with E-state index in [1.54, 1.807) is 37.3 Å². The van der Waals surface area contributed by atoms with Crippen LogP contribution in [0.15, 0.2) is 41.3 Å². The zero-order chi connectivity index (χ0) is 15.7. The lowest BCUT2D eigenvalue weighted by Crippen LogP contribution is -2.17. The van der Waals surface area contributed by atoms with Gasteiger partial charge in [0.25, 0.3) is 5.91 Å². The molecule has 0 spiro atoms. The molecule has 2 aromatic rings. The van der Waals surface area contributed by atoms with E-state index < -0.39 is 0 Å². The van der Waals surface area contributed by atoms with Crippen LogP contribution in [0.3, 0.4) is 0 Å². The smallest absolute Gasteiger partial charge is 0.256 e. The van der Waals surface area contributed by atoms with E-state index in [4.69, 9.17) is 0 Å². The number of nitrogens with one attached hydrogen (secondary N) is 1. The second kappa shape index (κ2) is 5.93. The predicted molar refractivity (Wildman–Crippen MR) is 85.2 cm³/mol. The number of hydrogen-bond donors (Lipinski definition) is 1. The number of Topliss-reactive ketones (excluding diaryl/α,β-unsaturated/α-hetero) is 1. The molecule has 1 aliphatic heterocycles. The van der Waals surface area contributed by atoms with Gasteiger partial charge in [-0.3, -0.25) is 9.59 Å². The normalized spacial score (nSPS) is 13.6. The first kappa shape index (κ1) is 14.8. The van der Waals surface area contributed by atoms with E-state index in [1.165, 1.54) is 17.8 Å². The lowest BCUT2D eigenvalue weighted by atomic mass is 10.0. The van der Waals surface area contributed by atoms with Gasteiger partial charge in [0.15, 0.2) is 5.78 Å². The van der Waals surface area contributed by atoms with Crippen LogP contribution in [-0.2, 0) is 0 Å². The molecule has 1 N–H and O–H groups in total. The molecule has 0 radical (unpaired) electrons. The minimum absolute atomic E-state index is 0.0600. The van der Waals surface area contributed by atoms with Gasteiger partial charge in [-0.25, -0.2) is 4.39 Å². The van der Waals surface area contributed by atoms with Crippen molar-refractivity contribution in [2.75, 3.05) is 11.1 Å². The maximum Gasteiger partial charge on any atom is 0.256 e. The Labute approximate surface area is 131 Å². The van der Waals surface area contributed by atoms with Crippen molar-refractivity contribution in [3.8, 4) is 0 Å². The average molecular weight is 315 g/mol. The van der Waals surface area contributed by atoms with Crippen molar-refractivity contribution < 1.29 is 14.0 Å². The highest BCUT2D eigenvalue weighted by Gasteiger charge is 2.23. The maximum atomic E-state index is 13.6. The molecule has 3 nitrogen and oxygen atoms in total. The number of hydrogen-bond acceptors (Lipinski definition) is 3. The Morgan fingerprint density at radius 3 is 2.86 bits per heavy atom. The Bertz CT molecular complexity index is 773. The standard InChI is InChI=1S/C17H14FNO2S/c1-10-5-6-11(9-14(10)18)19-17(21)13-4-2-3-12-15(20)7-8-22-16(12)13/h2-6,9H,7-8H2,1H3,(H,19,21). The average Bonchev–Trinajstić information content (AvgIpc) is 2.51. The first-order valence-corrected chi connectivity index (χ1v) is 7.91. The lowest BCUT2D eigenvalue weighted by Gasteiger charge is -2.17. The lowest BCUT2D eigenvalue weighted by molar-refractivity contribution is 0.0984. The van der Waals surface area contributed by atoms with Crippen molar-refractivity contribution in [2.24, 2.45) is 0 Å². The summed E-state index contributed by atoms with van der Waals surface area (Å²) < 4.78 is 13.6. The van der Waals surface area contributed by atoms with Crippen LogP contribution >= 0.6 is 11.8 Å². The molecule has 112 valence electrons. The summed E-state index contributed by atoms with van der Waals surface area (Å²) in [5, 5.41) is 2.69. The summed E-state index contributed by atoms with van der Waals surface area (Å²) in [5.41, 5.74) is 1.98. The number of halogens is 1. The third-order valence-electron chi connectivity index (χ3n) is 3.57. The van der Waals surface area contributed by atoms with Gasteiger partial charge in [0, 0.05) is 28.3 Å². The number of benzene rings is 2. The van der Waals surface area contributed by atoms with Crippen LogP contribution in [0, 0.1) is 12.7 Å². The number of rotatable bonds is 2. The quantitative estimate of drug-likeness (QED) is 0.909. The highest BCUT2D eigenvalue weighted by molar-refractivity contribution is 7.99. The van der Waals surface area contributed by atoms with Crippen molar-refractivity contribution in [1.82, 2.24) is 0 Å². The third kappa shape index (κ3) is 2.76. The fraction of sp³-hybridized carbons (Fsp3) is 0.176. The Kier molecular flexibility index (Phi) is 3.98. The molecule has 0 atom stereocenters. The van der Waals surface area contributed by atoms with Gasteiger partial charge in [-0.05, 0) is 30.7 Å². The molecule has 1 amide bonds. The van der Waals surface area contributed by atoms with Gasteiger partial charge in [0.2, 0.25) is 0 Å². The first-order valence-electron chi connectivity index (χ1n) is 6.93. The van der Waals surface area contributed by atoms with Gasteiger partial charge in [0.05, 0.1) is 5.56 Å². The summed E-state index contributed by atoms with van der Waals surface area (Å²) in [6.07, 6.45) is 0.492. The summed E-state index contributed by atoms with van der Waals surface area (Å²) >= 11 is 1.51. The van der Waals surface area contributed by atoms with Crippen LogP contribution in [0.4, 0.5) is 10.1 Å². The van der Waals surface area contributed by atoms with Gasteiger partial charge >= 0.3 is 0 Å². The van der Waals surface area contributed by atoms with Crippen molar-refractivity contribution in [3.05, 3.63) is 58.9 Å². The highest BCUT2D eigenvalue weighted by atomic mass is 32.2. The molecule has 0 fully saturated rings. The summed E-state index contributed by atoms with van der Waals surface area (Å²) in [6.45, 7) is 1.66. The van der Waals surface area contributed by atoms with Gasteiger partial charge in [-0.2, -0.15) is 0 Å². The molecule has 0 aliphatic carbocycles. The molecule has 0 unspecified atom stereocenters. The van der Waals surface area contributed by atoms with Crippen LogP contribution in [0.5, 0.6) is 0 Å². The minimum atomic E-state index is -0.363. The molecule has 1 heterocycles. The first-order chi connectivity index (χ1) is 10.6. The van der Waals surface area contributed by atoms with Crippen molar-refractivity contribution >= 4 is 29.1 Å². The molecule has 2 aromatic carbocycles. The van der Waals surface area contributed by atoms with Crippen LogP contribution in [0.1, 0.15) is 32.7 Å². The van der Waals surface area contributed by atoms with Gasteiger partial charge in [-0.1, -0.05) is 18.2 Å². The summed E-state index contributed by atoms with van der Waals surface area (Å²) in [4.78, 5) is 25.0. The number of carbonyl (C=O) groups excluding carboxylic acids is 2. The largest absolute Gasteiger partial charge is 0.322 e. The Morgan fingerprint density at radius 1 is 1.27 bits per heavy atom. The van der Waals surface area contributed by atoms with E-state index >= 15 is 0 Å². The van der Waals surface area contributed by atoms with E-state index in [2.05, 4.69) is 5.32 Å². The summed E-state index contributed by atoms with van der Waals surface area (Å²) in [5.74, 6) is 0.0412. The number of ketones is 1. The van der Waals surface area contributed by atoms with Gasteiger partial charge in [-0.15, -0.1) is 11.8 Å². The predicted octanol–water partition coefficient (Wildman–Crippen LogP) is 4.06. The topological polar surface area (TPSA) is 46.2 Å². The second-order valence-corrected chi connectivity index (χ2v) is 6.23. The van der Waals surface area contributed by atoms with Crippen LogP contribution in [-0.4, -0.2) is 17.4 Å². The zero-order valence-corrected chi connectivity index (χ0v) is 12.8. The van der Waals surface area contributed by atoms with E-state index in [9.17, 15) is 14.0 Å². The summed E-state index contributed by atoms with van der Waals surface area (Å²) in [7, 11) is 0. The number of amides is 1. The Morgan fingerprint density at radius 2 is 2.09 bits per heavy atom. The fourth-order valence-corrected chi connectivity index (χ4v) is 3.49. The zero-order valence-electron chi connectivity index (χ0n) is 12.0. The number of aryl methyl sites for hydroxylation is 1. The number of thioether (sulfide) groups is 1. The van der Waals surface area contributed by atoms with E-state index in [-0.39, 0.29) is 17.5 Å². The molecule has 1 aliphatic rings. The van der Waals surface area contributed by atoms with E-state index in [0.717, 1.165) is 0 Å². The van der Waals surface area contributed by atoms with Gasteiger partial charge < -0.3 is 5.32 Å². The van der Waals surface area contributed by atoms with Crippen LogP contribution in [0.2, 0.25) is 0 Å². The van der Waals surface area contributed by atoms with Crippen molar-refractivity contribution in [1.29, 1.82) is 0 Å². The maximum absolute atomic E-state index is 13.6. The number of anilines is 1. The molecule has 0 aromatic heterocycles. The Hall–Kier alpha value is -2.14. The van der Waals surface area contributed by atoms with Gasteiger partial charge in [0.1, 0.15) is 5.82 Å². The number of carbonyl (C=O) groups is 2. The fourth-order valence-electron chi connectivity index (χ4n) is 2.34. The molecule has 5 heteroatoms. The SMILES string of the molecule is Cc1ccc(NC(=O)c2cccc3c2SCCC3=O)cc1F. The molecule has 3 rings (SSSR count). The van der Waals surface area contributed by atoms with Crippen molar-refractivity contribution in [2.45, 2.75) is 18.2 Å². The Balaban J connectivity index is 1.91. The monoisotopic (exact) mass is 315 g/mol. The molecule has 0 saturated carbocycles. The number of fused-ring (bicyclic) bond motifs is 1. The molecule has 22 heavy (non-hydrogen) atoms. The van der Waals surface area contributed by atoms with Crippen LogP contribution in [0.25, 0.3) is 0 Å². The molecule has 0 bridgehead atoms. The van der Waals surface area contributed by atoms with Crippen molar-refractivity contribution in [3.63, 3.8) is 0 Å². The summed E-state index contributed by atoms with van der Waals surface area (Å²) in [6, 6.07) is 9.69. The molecular weight excluding hydrogens is 301 g/mol. The highest BCUT2D eigenvalue weighted by Crippen LogP contribution is 2.33. The van der Waals surface area contributed by atoms with E-state index in [1.807, 2.05) is 0 Å². The third-order valence-corrected chi connectivity index (χ3v) is 4.70. The second-order valence-electron chi connectivity index (χ2n) is 5.12. The van der Waals surface area contributed by atoms with Crippen LogP contribution < -0.4 is 5.32 Å². The minimum Gasteiger partial charge on any atom is -0.322 e.